The van der Waals surface area contributed by atoms with E-state index in [9.17, 15) is 23.2 Å². The Morgan fingerprint density at radius 2 is 1.68 bits per heavy atom. The standard InChI is InChI=1S/C31H26F2N6O5/c1-31(29(41)37-30(42)38-31)17-8-10-18(11-9-17)34-27-25-22(35-26(36-27)24-20(32)5-4-6-21(24)33)15-39(28(25)40)14-16-7-12-19(43-2)13-23(16)44-3/h4-13H,14-15H2,1-3H3,(H,34,35,36)(H2,37,38,41,42)/t31-/m0/s1. The van der Waals surface area contributed by atoms with E-state index in [0.717, 1.165) is 12.1 Å². The van der Waals surface area contributed by atoms with Gasteiger partial charge in [-0.25, -0.2) is 23.5 Å². The number of ether oxygens (including phenoxy) is 2. The van der Waals surface area contributed by atoms with Crippen LogP contribution in [0.5, 0.6) is 11.5 Å². The molecule has 1 saturated heterocycles. The molecule has 4 aromatic rings. The summed E-state index contributed by atoms with van der Waals surface area (Å²) < 4.78 is 40.4. The minimum absolute atomic E-state index is 0.0488. The van der Waals surface area contributed by atoms with E-state index in [2.05, 4.69) is 25.9 Å². The number of aromatic nitrogens is 2. The zero-order valence-electron chi connectivity index (χ0n) is 23.8. The average molecular weight is 601 g/mol. The quantitative estimate of drug-likeness (QED) is 0.254. The topological polar surface area (TPSA) is 135 Å². The molecule has 11 nitrogen and oxygen atoms in total. The van der Waals surface area contributed by atoms with Gasteiger partial charge < -0.3 is 25.0 Å². The molecule has 0 unspecified atom stereocenters. The fourth-order valence-corrected chi connectivity index (χ4v) is 5.26. The van der Waals surface area contributed by atoms with Crippen molar-refractivity contribution < 1.29 is 32.6 Å². The van der Waals surface area contributed by atoms with E-state index < -0.39 is 40.6 Å². The fraction of sp³-hybridized carbons (Fsp3) is 0.194. The highest BCUT2D eigenvalue weighted by Gasteiger charge is 2.43. The van der Waals surface area contributed by atoms with Gasteiger partial charge in [-0.1, -0.05) is 18.2 Å². The Balaban J connectivity index is 1.37. The first-order valence-electron chi connectivity index (χ1n) is 13.5. The summed E-state index contributed by atoms with van der Waals surface area (Å²) in [5.74, 6) is -1.66. The van der Waals surface area contributed by atoms with Crippen molar-refractivity contribution in [3.05, 3.63) is 94.7 Å². The molecule has 224 valence electrons. The van der Waals surface area contributed by atoms with Gasteiger partial charge in [0.2, 0.25) is 0 Å². The van der Waals surface area contributed by atoms with Crippen molar-refractivity contribution in [2.75, 3.05) is 19.5 Å². The Kier molecular flexibility index (Phi) is 7.08. The molecule has 0 spiro atoms. The maximum absolute atomic E-state index is 14.8. The van der Waals surface area contributed by atoms with Gasteiger partial charge in [-0.2, -0.15) is 0 Å². The molecule has 44 heavy (non-hydrogen) atoms. The lowest BCUT2D eigenvalue weighted by Crippen LogP contribution is -2.40. The van der Waals surface area contributed by atoms with Gasteiger partial charge >= 0.3 is 6.03 Å². The van der Waals surface area contributed by atoms with Crippen molar-refractivity contribution in [1.29, 1.82) is 0 Å². The molecule has 3 N–H and O–H groups in total. The number of rotatable bonds is 8. The van der Waals surface area contributed by atoms with Crippen molar-refractivity contribution in [1.82, 2.24) is 25.5 Å². The highest BCUT2D eigenvalue weighted by molar-refractivity contribution is 6.07. The summed E-state index contributed by atoms with van der Waals surface area (Å²) in [7, 11) is 3.05. The highest BCUT2D eigenvalue weighted by atomic mass is 19.1. The van der Waals surface area contributed by atoms with E-state index in [1.807, 2.05) is 0 Å². The highest BCUT2D eigenvalue weighted by Crippen LogP contribution is 2.35. The number of hydrogen-bond donors (Lipinski definition) is 3. The van der Waals surface area contributed by atoms with Gasteiger partial charge in [0.05, 0.1) is 38.6 Å². The van der Waals surface area contributed by atoms with Gasteiger partial charge in [0.1, 0.15) is 40.1 Å². The molecular weight excluding hydrogens is 574 g/mol. The Hall–Kier alpha value is -5.59. The second-order valence-electron chi connectivity index (χ2n) is 10.4. The largest absolute Gasteiger partial charge is 0.497 e. The zero-order chi connectivity index (χ0) is 31.2. The van der Waals surface area contributed by atoms with Crippen LogP contribution in [0.15, 0.2) is 60.7 Å². The molecule has 0 radical (unpaired) electrons. The molecule has 2 aliphatic heterocycles. The van der Waals surface area contributed by atoms with Crippen LogP contribution in [-0.2, 0) is 23.4 Å². The molecule has 1 atom stereocenters. The Morgan fingerprint density at radius 3 is 2.32 bits per heavy atom. The van der Waals surface area contributed by atoms with Gasteiger partial charge in [-0.15, -0.1) is 0 Å². The lowest BCUT2D eigenvalue weighted by molar-refractivity contribution is -0.123. The number of methoxy groups -OCH3 is 2. The molecule has 13 heteroatoms. The zero-order valence-corrected chi connectivity index (χ0v) is 23.8. The average Bonchev–Trinajstić information content (AvgIpc) is 3.46. The summed E-state index contributed by atoms with van der Waals surface area (Å²) in [4.78, 5) is 48.2. The van der Waals surface area contributed by atoms with Crippen LogP contribution in [0.1, 0.15) is 34.1 Å². The molecule has 0 aliphatic carbocycles. The monoisotopic (exact) mass is 600 g/mol. The van der Waals surface area contributed by atoms with E-state index in [1.165, 1.54) is 25.2 Å². The maximum atomic E-state index is 14.8. The molecular formula is C31H26F2N6O5. The van der Waals surface area contributed by atoms with Crippen LogP contribution < -0.4 is 25.4 Å². The van der Waals surface area contributed by atoms with Crippen LogP contribution in [0.2, 0.25) is 0 Å². The van der Waals surface area contributed by atoms with Crippen LogP contribution in [0.3, 0.4) is 0 Å². The molecule has 4 amide bonds. The summed E-state index contributed by atoms with van der Waals surface area (Å²) in [6.07, 6.45) is 0. The summed E-state index contributed by atoms with van der Waals surface area (Å²) >= 11 is 0. The van der Waals surface area contributed by atoms with Gasteiger partial charge in [0, 0.05) is 17.3 Å². The molecule has 3 heterocycles. The number of nitrogens with zero attached hydrogens (tertiary/aromatic N) is 3. The molecule has 0 bridgehead atoms. The number of anilines is 2. The number of carbonyl (C=O) groups is 3. The second-order valence-corrected chi connectivity index (χ2v) is 10.4. The maximum Gasteiger partial charge on any atom is 0.322 e. The van der Waals surface area contributed by atoms with Crippen molar-refractivity contribution in [3.8, 4) is 22.9 Å². The van der Waals surface area contributed by atoms with Crippen LogP contribution in [-0.4, -0.2) is 46.9 Å². The Bertz CT molecular complexity index is 1810. The molecule has 6 rings (SSSR count). The van der Waals surface area contributed by atoms with Crippen LogP contribution in [0, 0.1) is 11.6 Å². The van der Waals surface area contributed by atoms with Crippen molar-refractivity contribution in [2.24, 2.45) is 0 Å². The number of hydrogen-bond acceptors (Lipinski definition) is 8. The number of imide groups is 1. The van der Waals surface area contributed by atoms with Crippen LogP contribution in [0.4, 0.5) is 25.1 Å². The number of nitrogens with one attached hydrogen (secondary N) is 3. The fourth-order valence-electron chi connectivity index (χ4n) is 5.26. The predicted molar refractivity (Wildman–Crippen MR) is 154 cm³/mol. The van der Waals surface area contributed by atoms with E-state index in [1.54, 1.807) is 49.4 Å². The van der Waals surface area contributed by atoms with E-state index in [4.69, 9.17) is 9.47 Å². The van der Waals surface area contributed by atoms with E-state index in [-0.39, 0.29) is 36.0 Å². The van der Waals surface area contributed by atoms with Crippen LogP contribution >= 0.6 is 0 Å². The molecule has 1 fully saturated rings. The molecule has 1 aromatic heterocycles. The van der Waals surface area contributed by atoms with Crippen molar-refractivity contribution in [2.45, 2.75) is 25.6 Å². The predicted octanol–water partition coefficient (Wildman–Crippen LogP) is 4.39. The second kappa shape index (κ2) is 10.9. The lowest BCUT2D eigenvalue weighted by atomic mass is 9.92. The summed E-state index contributed by atoms with van der Waals surface area (Å²) in [6.45, 7) is 1.79. The number of fused-ring (bicyclic) bond motifs is 1. The number of carbonyl (C=O) groups excluding carboxylic acids is 3. The van der Waals surface area contributed by atoms with Gasteiger partial charge in [-0.3, -0.25) is 14.9 Å². The van der Waals surface area contributed by atoms with Crippen molar-refractivity contribution >= 4 is 29.4 Å². The molecule has 2 aliphatic rings. The summed E-state index contributed by atoms with van der Waals surface area (Å²) in [5.41, 5.74) is 0.441. The van der Waals surface area contributed by atoms with E-state index in [0.29, 0.717) is 28.3 Å². The Labute approximate surface area is 250 Å². The number of benzene rings is 3. The minimum Gasteiger partial charge on any atom is -0.497 e. The van der Waals surface area contributed by atoms with Gasteiger partial charge in [-0.05, 0) is 48.9 Å². The third-order valence-electron chi connectivity index (χ3n) is 7.64. The minimum atomic E-state index is -1.26. The third-order valence-corrected chi connectivity index (χ3v) is 7.64. The SMILES string of the molecule is COc1ccc(CN2Cc3nc(-c4c(F)cccc4F)nc(Nc4ccc([C@]5(C)NC(=O)NC5=O)cc4)c3C2=O)c(OC)c1. The smallest absolute Gasteiger partial charge is 0.322 e. The number of amides is 4. The third kappa shape index (κ3) is 4.91. The first-order valence-corrected chi connectivity index (χ1v) is 13.5. The normalized spacial score (nSPS) is 17.3. The van der Waals surface area contributed by atoms with Crippen LogP contribution in [0.25, 0.3) is 11.4 Å². The number of urea groups is 1. The molecule has 3 aromatic carbocycles. The summed E-state index contributed by atoms with van der Waals surface area (Å²) in [5, 5.41) is 7.91. The van der Waals surface area contributed by atoms with Gasteiger partial charge in [0.25, 0.3) is 11.8 Å². The first kappa shape index (κ1) is 28.5. The first-order chi connectivity index (χ1) is 21.1. The molecule has 0 saturated carbocycles. The van der Waals surface area contributed by atoms with Crippen molar-refractivity contribution in [3.63, 3.8) is 0 Å². The number of halogens is 2. The summed E-state index contributed by atoms with van der Waals surface area (Å²) in [6, 6.07) is 14.6. The Morgan fingerprint density at radius 1 is 0.955 bits per heavy atom. The lowest BCUT2D eigenvalue weighted by Gasteiger charge is -2.21. The van der Waals surface area contributed by atoms with E-state index >= 15 is 0 Å². The van der Waals surface area contributed by atoms with Gasteiger partial charge in [0.15, 0.2) is 5.82 Å².